The summed E-state index contributed by atoms with van der Waals surface area (Å²) >= 11 is 27.1. The van der Waals surface area contributed by atoms with Gasteiger partial charge in [-0.15, -0.1) is 0 Å². The first-order valence-electron chi connectivity index (χ1n) is 8.54. The van der Waals surface area contributed by atoms with Crippen LogP contribution in [0.25, 0.3) is 0 Å². The van der Waals surface area contributed by atoms with Crippen molar-refractivity contribution in [3.8, 4) is 5.75 Å². The minimum atomic E-state index is -4.28. The van der Waals surface area contributed by atoms with Crippen molar-refractivity contribution in [3.05, 3.63) is 71.2 Å². The van der Waals surface area contributed by atoms with E-state index >= 15 is 0 Å². The van der Waals surface area contributed by atoms with Crippen molar-refractivity contribution in [1.29, 1.82) is 0 Å². The number of rotatable bonds is 2. The molecule has 0 saturated heterocycles. The van der Waals surface area contributed by atoms with E-state index < -0.39 is 21.6 Å². The van der Waals surface area contributed by atoms with Crippen molar-refractivity contribution in [2.75, 3.05) is 0 Å². The van der Waals surface area contributed by atoms with Crippen LogP contribution in [0.15, 0.2) is 65.0 Å². The molecular formula is C19H6Br8O5S. The lowest BCUT2D eigenvalue weighted by atomic mass is 9.74. The number of carbonyl (C=O) groups excluding carboxylic acids is 1. The molecule has 0 aromatic heterocycles. The standard InChI is InChI=1S/C19H6Br8O5S/c20-7-1-5(2-8(21)16(7)28)19(6-3-9(22)17(29)10(23)4-6)11-12(24)13(25)14(26)15(27)18(11)33(30,31)32-19/h1-5,29H. The third kappa shape index (κ3) is 4.23. The number of phenols is 1. The van der Waals surface area contributed by atoms with Crippen molar-refractivity contribution in [2.45, 2.75) is 10.5 Å². The van der Waals surface area contributed by atoms with E-state index in [-0.39, 0.29) is 29.9 Å². The minimum absolute atomic E-state index is 0.0560. The number of Topliss-reactive ketones (excluding diaryl/α,β-unsaturated/α-hetero) is 1. The van der Waals surface area contributed by atoms with Crippen LogP contribution in [0.2, 0.25) is 0 Å². The normalized spacial score (nSPS) is 22.2. The van der Waals surface area contributed by atoms with Crippen LogP contribution in [0.4, 0.5) is 0 Å². The molecule has 1 N–H and O–H groups in total. The Labute approximate surface area is 255 Å². The fourth-order valence-electron chi connectivity index (χ4n) is 3.69. The van der Waals surface area contributed by atoms with Crippen LogP contribution in [0.3, 0.4) is 0 Å². The summed E-state index contributed by atoms with van der Waals surface area (Å²) in [6, 6.07) is 3.17. The quantitative estimate of drug-likeness (QED) is 0.185. The summed E-state index contributed by atoms with van der Waals surface area (Å²) in [5.41, 5.74) is -0.909. The Balaban J connectivity index is 2.23. The fraction of sp³-hybridized carbons (Fsp3) is 0.105. The van der Waals surface area contributed by atoms with Gasteiger partial charge in [-0.25, -0.2) is 4.18 Å². The minimum Gasteiger partial charge on any atom is -0.506 e. The van der Waals surface area contributed by atoms with Crippen LogP contribution in [0.1, 0.15) is 11.1 Å². The maximum Gasteiger partial charge on any atom is 0.299 e. The molecule has 2 aliphatic rings. The number of halogens is 8. The molecule has 1 heterocycles. The third-order valence-electron chi connectivity index (χ3n) is 5.09. The Morgan fingerprint density at radius 3 is 1.82 bits per heavy atom. The molecule has 5 nitrogen and oxygen atoms in total. The predicted octanol–water partition coefficient (Wildman–Crippen LogP) is 8.69. The van der Waals surface area contributed by atoms with E-state index in [0.29, 0.717) is 33.5 Å². The number of ketones is 1. The Bertz CT molecular complexity index is 1390. The van der Waals surface area contributed by atoms with E-state index in [4.69, 9.17) is 4.18 Å². The molecule has 33 heavy (non-hydrogen) atoms. The first-order valence-corrected chi connectivity index (χ1v) is 16.3. The van der Waals surface area contributed by atoms with Gasteiger partial charge in [-0.2, -0.15) is 8.42 Å². The average molecular weight is 986 g/mol. The van der Waals surface area contributed by atoms with Gasteiger partial charge in [0, 0.05) is 24.9 Å². The molecule has 2 aromatic carbocycles. The van der Waals surface area contributed by atoms with Gasteiger partial charge >= 0.3 is 0 Å². The summed E-state index contributed by atoms with van der Waals surface area (Å²) < 4.78 is 35.9. The molecule has 14 heteroatoms. The number of hydrogen-bond donors (Lipinski definition) is 1. The van der Waals surface area contributed by atoms with Crippen LogP contribution in [-0.4, -0.2) is 19.3 Å². The third-order valence-corrected chi connectivity index (χ3v) is 14.0. The zero-order valence-corrected chi connectivity index (χ0v) is 28.9. The Hall–Kier alpha value is 1.14. The maximum absolute atomic E-state index is 13.5. The Kier molecular flexibility index (Phi) is 7.80. The van der Waals surface area contributed by atoms with E-state index in [2.05, 4.69) is 127 Å². The van der Waals surface area contributed by atoms with Gasteiger partial charge in [0.1, 0.15) is 10.6 Å². The molecule has 0 bridgehead atoms. The van der Waals surface area contributed by atoms with Gasteiger partial charge < -0.3 is 5.11 Å². The van der Waals surface area contributed by atoms with Crippen molar-refractivity contribution in [2.24, 2.45) is 5.92 Å². The van der Waals surface area contributed by atoms with Crippen LogP contribution in [-0.2, 0) is 24.7 Å². The van der Waals surface area contributed by atoms with Gasteiger partial charge in [0.05, 0.1) is 22.4 Å². The fourth-order valence-corrected chi connectivity index (χ4v) is 10.9. The second-order valence-electron chi connectivity index (χ2n) is 6.91. The number of benzene rings is 2. The molecule has 4 rings (SSSR count). The highest BCUT2D eigenvalue weighted by Crippen LogP contribution is 2.60. The number of fused-ring (bicyclic) bond motifs is 1. The molecule has 0 amide bonds. The van der Waals surface area contributed by atoms with E-state index in [1.807, 2.05) is 0 Å². The van der Waals surface area contributed by atoms with Gasteiger partial charge in [-0.3, -0.25) is 4.79 Å². The molecule has 0 saturated carbocycles. The first-order chi connectivity index (χ1) is 15.2. The highest BCUT2D eigenvalue weighted by Gasteiger charge is 2.57. The van der Waals surface area contributed by atoms with E-state index in [1.54, 1.807) is 24.3 Å². The Morgan fingerprint density at radius 2 is 1.30 bits per heavy atom. The highest BCUT2D eigenvalue weighted by molar-refractivity contribution is 9.15. The molecule has 0 spiro atoms. The average Bonchev–Trinajstić information content (AvgIpc) is 3.00. The van der Waals surface area contributed by atoms with Crippen molar-refractivity contribution >= 4 is 143 Å². The highest BCUT2D eigenvalue weighted by atomic mass is 79.9. The van der Waals surface area contributed by atoms with Crippen molar-refractivity contribution in [3.63, 3.8) is 0 Å². The molecule has 1 unspecified atom stereocenters. The van der Waals surface area contributed by atoms with E-state index in [9.17, 15) is 18.3 Å². The SMILES string of the molecule is O=C1C(Br)=CC(C2(c3cc(Br)c(O)c(Br)c3)OS(=O)(=O)c3c(Br)c(Br)c(Br)c(Br)c32)C=C1Br. The lowest BCUT2D eigenvalue weighted by molar-refractivity contribution is -0.111. The first kappa shape index (κ1) is 27.2. The summed E-state index contributed by atoms with van der Waals surface area (Å²) in [6.45, 7) is 0. The zero-order chi connectivity index (χ0) is 24.6. The molecule has 0 radical (unpaired) electrons. The van der Waals surface area contributed by atoms with Crippen LogP contribution in [0, 0.1) is 5.92 Å². The lowest BCUT2D eigenvalue weighted by Crippen LogP contribution is -2.37. The summed E-state index contributed by atoms with van der Waals surface area (Å²) in [5.74, 6) is -1.10. The molecule has 1 aliphatic heterocycles. The summed E-state index contributed by atoms with van der Waals surface area (Å²) in [4.78, 5) is 12.3. The van der Waals surface area contributed by atoms with Crippen LogP contribution >= 0.6 is 127 Å². The molecular weight excluding hydrogens is 980 g/mol. The second kappa shape index (κ2) is 9.46. The smallest absolute Gasteiger partial charge is 0.299 e. The van der Waals surface area contributed by atoms with E-state index in [1.165, 1.54) is 0 Å². The molecule has 174 valence electrons. The molecule has 0 fully saturated rings. The largest absolute Gasteiger partial charge is 0.506 e. The topological polar surface area (TPSA) is 80.7 Å². The molecule has 1 aliphatic carbocycles. The van der Waals surface area contributed by atoms with Gasteiger partial charge in [0.15, 0.2) is 5.60 Å². The second-order valence-corrected chi connectivity index (χ2v) is 15.0. The van der Waals surface area contributed by atoms with Gasteiger partial charge in [-0.05, 0) is 145 Å². The maximum atomic E-state index is 13.5. The molecule has 1 atom stereocenters. The molecule has 2 aromatic rings. The van der Waals surface area contributed by atoms with Gasteiger partial charge in [-0.1, -0.05) is 12.2 Å². The van der Waals surface area contributed by atoms with Crippen LogP contribution in [0.5, 0.6) is 5.75 Å². The zero-order valence-electron chi connectivity index (χ0n) is 15.4. The van der Waals surface area contributed by atoms with Gasteiger partial charge in [0.25, 0.3) is 10.1 Å². The predicted molar refractivity (Wildman–Crippen MR) is 152 cm³/mol. The van der Waals surface area contributed by atoms with Crippen molar-refractivity contribution < 1.29 is 22.5 Å². The van der Waals surface area contributed by atoms with Crippen LogP contribution < -0.4 is 0 Å². The number of phenolic OH excluding ortho intramolecular Hbond substituents is 1. The van der Waals surface area contributed by atoms with Gasteiger partial charge in [0.2, 0.25) is 5.78 Å². The Morgan fingerprint density at radius 1 is 0.818 bits per heavy atom. The number of hydrogen-bond acceptors (Lipinski definition) is 5. The lowest BCUT2D eigenvalue weighted by Gasteiger charge is -2.36. The monoisotopic (exact) mass is 977 g/mol. The number of carbonyl (C=O) groups is 1. The summed E-state index contributed by atoms with van der Waals surface area (Å²) in [6.07, 6.45) is 3.20. The van der Waals surface area contributed by atoms with E-state index in [0.717, 1.165) is 0 Å². The summed E-state index contributed by atoms with van der Waals surface area (Å²) in [7, 11) is -4.28. The number of aromatic hydroxyl groups is 1. The van der Waals surface area contributed by atoms with Crippen molar-refractivity contribution in [1.82, 2.24) is 0 Å². The summed E-state index contributed by atoms with van der Waals surface area (Å²) in [5, 5.41) is 10.3. The number of allylic oxidation sites excluding steroid dienone is 2.